The number of carbonyl (C=O) groups excluding carboxylic acids is 1. The third-order valence-electron chi connectivity index (χ3n) is 3.59. The van der Waals surface area contributed by atoms with Crippen molar-refractivity contribution in [3.63, 3.8) is 0 Å². The van der Waals surface area contributed by atoms with Crippen molar-refractivity contribution in [1.82, 2.24) is 5.32 Å². The minimum absolute atomic E-state index is 0.0253. The molecule has 0 bridgehead atoms. The Morgan fingerprint density at radius 3 is 2.68 bits per heavy atom. The van der Waals surface area contributed by atoms with E-state index < -0.39 is 0 Å². The third kappa shape index (κ3) is 4.12. The van der Waals surface area contributed by atoms with Crippen LogP contribution in [0, 0.1) is 0 Å². The normalized spacial score (nSPS) is 16.6. The topological polar surface area (TPSA) is 55.1 Å². The molecular weight excluding hydrogens is 236 g/mol. The van der Waals surface area contributed by atoms with Gasteiger partial charge in [-0.2, -0.15) is 0 Å². The molecule has 102 valence electrons. The van der Waals surface area contributed by atoms with Crippen LogP contribution < -0.4 is 11.1 Å². The molecule has 3 N–H and O–H groups in total. The monoisotopic (exact) mass is 258 g/mol. The van der Waals surface area contributed by atoms with E-state index in [0.29, 0.717) is 6.42 Å². The lowest BCUT2D eigenvalue weighted by molar-refractivity contribution is -0.121. The van der Waals surface area contributed by atoms with E-state index in [2.05, 4.69) is 11.4 Å². The number of amides is 1. The van der Waals surface area contributed by atoms with E-state index in [1.807, 2.05) is 31.2 Å². The molecule has 0 saturated heterocycles. The summed E-state index contributed by atoms with van der Waals surface area (Å²) in [5, 5.41) is 3.04. The molecule has 0 spiro atoms. The molecule has 1 atom stereocenters. The van der Waals surface area contributed by atoms with Crippen LogP contribution in [0.1, 0.15) is 50.6 Å². The van der Waals surface area contributed by atoms with Crippen LogP contribution in [0.15, 0.2) is 35.9 Å². The number of anilines is 1. The second-order valence-electron chi connectivity index (χ2n) is 5.24. The van der Waals surface area contributed by atoms with Crippen LogP contribution in [-0.4, -0.2) is 5.91 Å². The Kier molecular flexibility index (Phi) is 4.61. The number of hydrogen-bond acceptors (Lipinski definition) is 2. The lowest BCUT2D eigenvalue weighted by Gasteiger charge is -2.17. The molecule has 1 aliphatic rings. The smallest absolute Gasteiger partial charge is 0.224 e. The van der Waals surface area contributed by atoms with Crippen LogP contribution in [0.5, 0.6) is 0 Å². The maximum atomic E-state index is 12.0. The zero-order chi connectivity index (χ0) is 13.7. The minimum atomic E-state index is 0.0253. The Bertz CT molecular complexity index is 462. The largest absolute Gasteiger partial charge is 0.399 e. The fourth-order valence-corrected chi connectivity index (χ4v) is 2.43. The van der Waals surface area contributed by atoms with Gasteiger partial charge in [0.25, 0.3) is 0 Å². The van der Waals surface area contributed by atoms with Crippen LogP contribution >= 0.6 is 0 Å². The lowest BCUT2D eigenvalue weighted by atomic mass is 9.97. The summed E-state index contributed by atoms with van der Waals surface area (Å²) < 4.78 is 0. The number of hydrogen-bond donors (Lipinski definition) is 2. The van der Waals surface area contributed by atoms with Crippen molar-refractivity contribution in [1.29, 1.82) is 0 Å². The fourth-order valence-electron chi connectivity index (χ4n) is 2.43. The van der Waals surface area contributed by atoms with Crippen LogP contribution in [-0.2, 0) is 4.79 Å². The predicted octanol–water partition coefficient (Wildman–Crippen LogP) is 3.34. The molecule has 0 fully saturated rings. The van der Waals surface area contributed by atoms with E-state index >= 15 is 0 Å². The maximum Gasteiger partial charge on any atom is 0.224 e. The Labute approximate surface area is 114 Å². The van der Waals surface area contributed by atoms with E-state index in [-0.39, 0.29) is 11.9 Å². The van der Waals surface area contributed by atoms with Crippen LogP contribution in [0.25, 0.3) is 0 Å². The van der Waals surface area contributed by atoms with E-state index in [1.165, 1.54) is 18.4 Å². The second-order valence-corrected chi connectivity index (χ2v) is 5.24. The zero-order valence-electron chi connectivity index (χ0n) is 11.5. The average Bonchev–Trinajstić information content (AvgIpc) is 2.40. The molecule has 1 aliphatic carbocycles. The van der Waals surface area contributed by atoms with Crippen LogP contribution in [0.3, 0.4) is 0 Å². The molecule has 3 heteroatoms. The molecule has 1 amide bonds. The van der Waals surface area contributed by atoms with Crippen molar-refractivity contribution in [2.75, 3.05) is 5.73 Å². The number of benzene rings is 1. The molecule has 0 radical (unpaired) electrons. The molecule has 19 heavy (non-hydrogen) atoms. The van der Waals surface area contributed by atoms with Gasteiger partial charge in [0.1, 0.15) is 0 Å². The first-order chi connectivity index (χ1) is 9.15. The summed E-state index contributed by atoms with van der Waals surface area (Å²) in [6, 6.07) is 7.67. The first-order valence-corrected chi connectivity index (χ1v) is 6.98. The standard InChI is InChI=1S/C16H22N2O/c1-12(14-7-9-15(17)10-8-14)18-16(19)11-13-5-3-2-4-6-13/h5,7-10,12H,2-4,6,11,17H2,1H3,(H,18,19). The van der Waals surface area contributed by atoms with Crippen molar-refractivity contribution < 1.29 is 4.79 Å². The third-order valence-corrected chi connectivity index (χ3v) is 3.59. The highest BCUT2D eigenvalue weighted by atomic mass is 16.1. The van der Waals surface area contributed by atoms with Gasteiger partial charge in [0.15, 0.2) is 0 Å². The van der Waals surface area contributed by atoms with Crippen molar-refractivity contribution >= 4 is 11.6 Å². The summed E-state index contributed by atoms with van der Waals surface area (Å²) in [5.74, 6) is 0.109. The maximum absolute atomic E-state index is 12.0. The van der Waals surface area contributed by atoms with Gasteiger partial charge in [-0.3, -0.25) is 4.79 Å². The molecule has 1 aromatic carbocycles. The number of nitrogens with one attached hydrogen (secondary N) is 1. The van der Waals surface area contributed by atoms with Gasteiger partial charge in [0.05, 0.1) is 6.04 Å². The average molecular weight is 258 g/mol. The first kappa shape index (κ1) is 13.7. The second kappa shape index (κ2) is 6.41. The summed E-state index contributed by atoms with van der Waals surface area (Å²) in [4.78, 5) is 12.0. The van der Waals surface area contributed by atoms with Gasteiger partial charge < -0.3 is 11.1 Å². The number of carbonyl (C=O) groups is 1. The molecule has 1 aromatic rings. The molecule has 2 rings (SSSR count). The Hall–Kier alpha value is -1.77. The summed E-state index contributed by atoms with van der Waals surface area (Å²) >= 11 is 0. The first-order valence-electron chi connectivity index (χ1n) is 6.98. The molecule has 0 aliphatic heterocycles. The summed E-state index contributed by atoms with van der Waals surface area (Å²) in [5.41, 5.74) is 8.77. The molecule has 1 unspecified atom stereocenters. The highest BCUT2D eigenvalue weighted by Crippen LogP contribution is 2.21. The number of nitrogens with two attached hydrogens (primary N) is 1. The quantitative estimate of drug-likeness (QED) is 0.643. The lowest BCUT2D eigenvalue weighted by Crippen LogP contribution is -2.26. The Morgan fingerprint density at radius 1 is 1.32 bits per heavy atom. The minimum Gasteiger partial charge on any atom is -0.399 e. The highest BCUT2D eigenvalue weighted by molar-refractivity contribution is 5.79. The molecule has 0 aromatic heterocycles. The van der Waals surface area contributed by atoms with Crippen LogP contribution in [0.2, 0.25) is 0 Å². The highest BCUT2D eigenvalue weighted by Gasteiger charge is 2.12. The van der Waals surface area contributed by atoms with Crippen molar-refractivity contribution in [3.05, 3.63) is 41.5 Å². The predicted molar refractivity (Wildman–Crippen MR) is 78.6 cm³/mol. The van der Waals surface area contributed by atoms with E-state index in [1.54, 1.807) is 0 Å². The number of rotatable bonds is 4. The number of allylic oxidation sites excluding steroid dienone is 1. The van der Waals surface area contributed by atoms with E-state index in [9.17, 15) is 4.79 Å². The molecule has 3 nitrogen and oxygen atoms in total. The number of nitrogen functional groups attached to an aromatic ring is 1. The molecule has 0 saturated carbocycles. The zero-order valence-corrected chi connectivity index (χ0v) is 11.5. The van der Waals surface area contributed by atoms with E-state index in [4.69, 9.17) is 5.73 Å². The summed E-state index contributed by atoms with van der Waals surface area (Å²) in [6.45, 7) is 2.00. The van der Waals surface area contributed by atoms with Gasteiger partial charge in [0.2, 0.25) is 5.91 Å². The Balaban J connectivity index is 1.87. The van der Waals surface area contributed by atoms with Gasteiger partial charge in [-0.05, 0) is 50.3 Å². The SMILES string of the molecule is CC(NC(=O)CC1=CCCCC1)c1ccc(N)cc1. The van der Waals surface area contributed by atoms with Gasteiger partial charge in [-0.15, -0.1) is 0 Å². The molecular formula is C16H22N2O. The van der Waals surface area contributed by atoms with E-state index in [0.717, 1.165) is 24.1 Å². The molecule has 0 heterocycles. The van der Waals surface area contributed by atoms with Crippen molar-refractivity contribution in [3.8, 4) is 0 Å². The van der Waals surface area contributed by atoms with Gasteiger partial charge in [-0.25, -0.2) is 0 Å². The van der Waals surface area contributed by atoms with Crippen molar-refractivity contribution in [2.24, 2.45) is 0 Å². The Morgan fingerprint density at radius 2 is 2.05 bits per heavy atom. The summed E-state index contributed by atoms with van der Waals surface area (Å²) in [6.07, 6.45) is 7.43. The fraction of sp³-hybridized carbons (Fsp3) is 0.438. The van der Waals surface area contributed by atoms with Gasteiger partial charge in [-0.1, -0.05) is 23.8 Å². The van der Waals surface area contributed by atoms with Crippen LogP contribution in [0.4, 0.5) is 5.69 Å². The van der Waals surface area contributed by atoms with Gasteiger partial charge >= 0.3 is 0 Å². The summed E-state index contributed by atoms with van der Waals surface area (Å²) in [7, 11) is 0. The van der Waals surface area contributed by atoms with Gasteiger partial charge in [0, 0.05) is 12.1 Å². The van der Waals surface area contributed by atoms with Crippen molar-refractivity contribution in [2.45, 2.75) is 45.1 Å².